The third-order valence-electron chi connectivity index (χ3n) is 4.53. The molecule has 0 aromatic heterocycles. The first kappa shape index (κ1) is 17.5. The van der Waals surface area contributed by atoms with Crippen molar-refractivity contribution in [1.82, 2.24) is 9.80 Å². The second kappa shape index (κ2) is 8.20. The molecule has 0 aliphatic carbocycles. The van der Waals surface area contributed by atoms with Crippen molar-refractivity contribution in [2.24, 2.45) is 0 Å². The number of hydrogen-bond donors (Lipinski definition) is 1. The van der Waals surface area contributed by atoms with Crippen LogP contribution in [0.15, 0.2) is 29.2 Å². The maximum atomic E-state index is 12.5. The lowest BCUT2D eigenvalue weighted by molar-refractivity contribution is -0.127. The summed E-state index contributed by atoms with van der Waals surface area (Å²) in [5.74, 6) is 1.23. The number of carbonyl (C=O) groups excluding carboxylic acids is 1. The molecule has 2 fully saturated rings. The number of rotatable bonds is 5. The average Bonchev–Trinajstić information content (AvgIpc) is 3.02. The number of thioether (sulfide) groups is 1. The van der Waals surface area contributed by atoms with E-state index in [0.29, 0.717) is 32.1 Å². The minimum atomic E-state index is -0.478. The van der Waals surface area contributed by atoms with Crippen LogP contribution in [-0.2, 0) is 9.53 Å². The van der Waals surface area contributed by atoms with E-state index in [1.54, 1.807) is 12.0 Å². The van der Waals surface area contributed by atoms with Gasteiger partial charge in [0.05, 0.1) is 38.2 Å². The molecule has 24 heavy (non-hydrogen) atoms. The van der Waals surface area contributed by atoms with Gasteiger partial charge in [-0.25, -0.2) is 0 Å². The quantitative estimate of drug-likeness (QED) is 0.787. The summed E-state index contributed by atoms with van der Waals surface area (Å²) < 4.78 is 10.6. The van der Waals surface area contributed by atoms with Gasteiger partial charge in [-0.2, -0.15) is 0 Å². The number of β-amino-alcohol motifs (C(OH)–C–C–N with tert-alkyl or cyclic N) is 1. The van der Waals surface area contributed by atoms with Gasteiger partial charge in [-0.1, -0.05) is 6.07 Å². The maximum Gasteiger partial charge on any atom is 0.233 e. The Morgan fingerprint density at radius 1 is 1.38 bits per heavy atom. The molecule has 1 amide bonds. The fourth-order valence-corrected chi connectivity index (χ4v) is 4.02. The molecule has 6 nitrogen and oxygen atoms in total. The minimum absolute atomic E-state index is 0.0275. The second-order valence-electron chi connectivity index (χ2n) is 6.05. The Morgan fingerprint density at radius 3 is 2.92 bits per heavy atom. The van der Waals surface area contributed by atoms with Gasteiger partial charge < -0.3 is 19.5 Å². The molecule has 0 radical (unpaired) electrons. The van der Waals surface area contributed by atoms with E-state index >= 15 is 0 Å². The molecule has 0 bridgehead atoms. The van der Waals surface area contributed by atoms with E-state index in [1.807, 2.05) is 24.3 Å². The largest absolute Gasteiger partial charge is 0.497 e. The lowest BCUT2D eigenvalue weighted by Crippen LogP contribution is -2.49. The van der Waals surface area contributed by atoms with Crippen LogP contribution in [-0.4, -0.2) is 85.2 Å². The van der Waals surface area contributed by atoms with Gasteiger partial charge in [-0.15, -0.1) is 11.8 Å². The van der Waals surface area contributed by atoms with Gasteiger partial charge in [-0.05, 0) is 18.2 Å². The number of morpholine rings is 1. The molecule has 1 aromatic rings. The van der Waals surface area contributed by atoms with Crippen LogP contribution in [0.25, 0.3) is 0 Å². The molecule has 7 heteroatoms. The summed E-state index contributed by atoms with van der Waals surface area (Å²) in [5.41, 5.74) is 0. The van der Waals surface area contributed by atoms with Crippen LogP contribution < -0.4 is 4.74 Å². The third-order valence-corrected chi connectivity index (χ3v) is 5.51. The van der Waals surface area contributed by atoms with E-state index in [2.05, 4.69) is 4.90 Å². The number of aliphatic hydroxyl groups is 1. The molecule has 2 saturated heterocycles. The highest BCUT2D eigenvalue weighted by Crippen LogP contribution is 2.24. The van der Waals surface area contributed by atoms with E-state index in [9.17, 15) is 9.90 Å². The standard InChI is InChI=1S/C17H24N2O4S/c1-22-13-3-2-4-14(9-13)24-12-17(21)19-10-15(16(20)11-19)18-5-7-23-8-6-18/h2-4,9,15-16,20H,5-8,10-12H2,1H3/t15-,16-/m0/s1. The monoisotopic (exact) mass is 352 g/mol. The zero-order chi connectivity index (χ0) is 16.9. The van der Waals surface area contributed by atoms with Gasteiger partial charge in [0, 0.05) is 31.1 Å². The van der Waals surface area contributed by atoms with Gasteiger partial charge in [0.25, 0.3) is 0 Å². The minimum Gasteiger partial charge on any atom is -0.497 e. The van der Waals surface area contributed by atoms with Crippen molar-refractivity contribution < 1.29 is 19.4 Å². The molecule has 2 aliphatic rings. The summed E-state index contributed by atoms with van der Waals surface area (Å²) >= 11 is 1.50. The van der Waals surface area contributed by atoms with Gasteiger partial charge in [0.2, 0.25) is 5.91 Å². The molecular formula is C17H24N2O4S. The fraction of sp³-hybridized carbons (Fsp3) is 0.588. The fourth-order valence-electron chi connectivity index (χ4n) is 3.17. The zero-order valence-electron chi connectivity index (χ0n) is 13.9. The van der Waals surface area contributed by atoms with Crippen molar-refractivity contribution in [3.8, 4) is 5.75 Å². The van der Waals surface area contributed by atoms with E-state index in [4.69, 9.17) is 9.47 Å². The highest BCUT2D eigenvalue weighted by molar-refractivity contribution is 8.00. The van der Waals surface area contributed by atoms with Crippen molar-refractivity contribution in [2.75, 3.05) is 52.3 Å². The lowest BCUT2D eigenvalue weighted by atomic mass is 10.2. The first-order chi connectivity index (χ1) is 11.7. The number of methoxy groups -OCH3 is 1. The van der Waals surface area contributed by atoms with Crippen LogP contribution in [0.2, 0.25) is 0 Å². The number of benzene rings is 1. The lowest BCUT2D eigenvalue weighted by Gasteiger charge is -2.33. The Labute approximate surface area is 146 Å². The Hall–Kier alpha value is -1.28. The molecule has 3 rings (SSSR count). The zero-order valence-corrected chi connectivity index (χ0v) is 14.7. The van der Waals surface area contributed by atoms with E-state index in [-0.39, 0.29) is 11.9 Å². The molecule has 1 N–H and O–H groups in total. The van der Waals surface area contributed by atoms with Crippen LogP contribution in [0, 0.1) is 0 Å². The molecule has 1 aromatic carbocycles. The van der Waals surface area contributed by atoms with E-state index in [0.717, 1.165) is 23.7 Å². The Kier molecular flexibility index (Phi) is 5.99. The van der Waals surface area contributed by atoms with E-state index in [1.165, 1.54) is 11.8 Å². The molecule has 2 aliphatic heterocycles. The van der Waals surface area contributed by atoms with Gasteiger partial charge in [0.15, 0.2) is 0 Å². The van der Waals surface area contributed by atoms with Gasteiger partial charge in [0.1, 0.15) is 5.75 Å². The van der Waals surface area contributed by atoms with Crippen molar-refractivity contribution in [3.63, 3.8) is 0 Å². The number of hydrogen-bond acceptors (Lipinski definition) is 6. The van der Waals surface area contributed by atoms with Crippen LogP contribution in [0.4, 0.5) is 0 Å². The number of carbonyl (C=O) groups is 1. The second-order valence-corrected chi connectivity index (χ2v) is 7.10. The topological polar surface area (TPSA) is 62.2 Å². The Bertz CT molecular complexity index is 565. The summed E-state index contributed by atoms with van der Waals surface area (Å²) in [6.07, 6.45) is -0.478. The van der Waals surface area contributed by atoms with Crippen LogP contribution in [0.5, 0.6) is 5.75 Å². The summed E-state index contributed by atoms with van der Waals surface area (Å²) in [6, 6.07) is 7.72. The Morgan fingerprint density at radius 2 is 2.17 bits per heavy atom. The molecule has 2 heterocycles. The molecule has 2 atom stereocenters. The highest BCUT2D eigenvalue weighted by Gasteiger charge is 2.37. The Balaban J connectivity index is 1.51. The average molecular weight is 352 g/mol. The summed E-state index contributed by atoms with van der Waals surface area (Å²) in [4.78, 5) is 17.5. The molecule has 0 spiro atoms. The predicted octanol–water partition coefficient (Wildman–Crippen LogP) is 0.691. The number of amides is 1. The van der Waals surface area contributed by atoms with Crippen molar-refractivity contribution in [2.45, 2.75) is 17.0 Å². The van der Waals surface area contributed by atoms with E-state index < -0.39 is 6.10 Å². The first-order valence-electron chi connectivity index (χ1n) is 8.22. The number of likely N-dealkylation sites (tertiary alicyclic amines) is 1. The van der Waals surface area contributed by atoms with Crippen LogP contribution in [0.1, 0.15) is 0 Å². The van der Waals surface area contributed by atoms with Gasteiger partial charge in [-0.3, -0.25) is 9.69 Å². The molecule has 0 unspecified atom stereocenters. The number of nitrogens with zero attached hydrogens (tertiary/aromatic N) is 2. The molecule has 0 saturated carbocycles. The van der Waals surface area contributed by atoms with Crippen LogP contribution in [0.3, 0.4) is 0 Å². The number of aliphatic hydroxyl groups excluding tert-OH is 1. The summed E-state index contributed by atoms with van der Waals surface area (Å²) in [7, 11) is 1.63. The van der Waals surface area contributed by atoms with Crippen molar-refractivity contribution >= 4 is 17.7 Å². The van der Waals surface area contributed by atoms with Crippen molar-refractivity contribution in [1.29, 1.82) is 0 Å². The van der Waals surface area contributed by atoms with Gasteiger partial charge >= 0.3 is 0 Å². The normalized spacial score (nSPS) is 25.0. The molecule has 132 valence electrons. The first-order valence-corrected chi connectivity index (χ1v) is 9.20. The predicted molar refractivity (Wildman–Crippen MR) is 92.5 cm³/mol. The SMILES string of the molecule is COc1cccc(SCC(=O)N2C[C@H](O)[C@@H](N3CCOCC3)C2)c1. The smallest absolute Gasteiger partial charge is 0.233 e. The summed E-state index contributed by atoms with van der Waals surface area (Å²) in [6.45, 7) is 4.05. The maximum absolute atomic E-state index is 12.5. The molecular weight excluding hydrogens is 328 g/mol. The summed E-state index contributed by atoms with van der Waals surface area (Å²) in [5, 5.41) is 10.3. The number of ether oxygens (including phenoxy) is 2. The van der Waals surface area contributed by atoms with Crippen LogP contribution >= 0.6 is 11.8 Å². The highest BCUT2D eigenvalue weighted by atomic mass is 32.2. The third kappa shape index (κ3) is 4.22. The van der Waals surface area contributed by atoms with Crippen molar-refractivity contribution in [3.05, 3.63) is 24.3 Å².